The van der Waals surface area contributed by atoms with E-state index in [1.165, 1.54) is 38.5 Å². The van der Waals surface area contributed by atoms with Gasteiger partial charge in [0.25, 0.3) is 0 Å². The summed E-state index contributed by atoms with van der Waals surface area (Å²) in [6.45, 7) is 0. The van der Waals surface area contributed by atoms with Gasteiger partial charge in [-0.1, -0.05) is 0 Å². The first-order valence-electron chi connectivity index (χ1n) is 7.02. The zero-order valence-corrected chi connectivity index (χ0v) is 13.2. The molecular formula is C14H25F3Xe. The van der Waals surface area contributed by atoms with Crippen molar-refractivity contribution in [1.29, 1.82) is 0 Å². The van der Waals surface area contributed by atoms with Crippen LogP contribution in [0.1, 0.15) is 64.2 Å². The third-order valence-electron chi connectivity index (χ3n) is 3.79. The Morgan fingerprint density at radius 3 is 1.94 bits per heavy atom. The van der Waals surface area contributed by atoms with Crippen LogP contribution in [0.3, 0.4) is 0 Å². The van der Waals surface area contributed by atoms with Crippen LogP contribution in [0.4, 0.5) is 13.2 Å². The summed E-state index contributed by atoms with van der Waals surface area (Å²) >= 11 is -0.120. The van der Waals surface area contributed by atoms with Crippen LogP contribution in [-0.4, -0.2) is 6.18 Å². The van der Waals surface area contributed by atoms with Gasteiger partial charge < -0.3 is 0 Å². The number of rotatable bonds is 4. The van der Waals surface area contributed by atoms with Crippen LogP contribution in [-0.2, 0) is 0 Å². The van der Waals surface area contributed by atoms with E-state index in [0.717, 1.165) is 19.3 Å². The first-order chi connectivity index (χ1) is 8.51. The van der Waals surface area contributed by atoms with Crippen LogP contribution in [0.2, 0.25) is 1.78 Å². The molecule has 0 spiro atoms. The van der Waals surface area contributed by atoms with E-state index in [-0.39, 0.29) is 44.6 Å². The molecule has 1 rings (SSSR count). The van der Waals surface area contributed by atoms with Crippen molar-refractivity contribution >= 4 is 0 Å². The molecule has 0 amide bonds. The van der Waals surface area contributed by atoms with Gasteiger partial charge in [0.2, 0.25) is 0 Å². The molecule has 18 heavy (non-hydrogen) atoms. The van der Waals surface area contributed by atoms with Gasteiger partial charge in [0.1, 0.15) is 0 Å². The average molecular weight is 382 g/mol. The zero-order chi connectivity index (χ0) is 13.4. The molecule has 1 fully saturated rings. The number of hydrogen-bond acceptors (Lipinski definition) is 0. The van der Waals surface area contributed by atoms with Crippen molar-refractivity contribution in [3.8, 4) is 0 Å². The Balaban J connectivity index is 2.40. The second-order valence-corrected chi connectivity index (χ2v) is 8.21. The molecule has 1 unspecified atom stereocenters. The van der Waals surface area contributed by atoms with Crippen LogP contribution in [0, 0.1) is 50.1 Å². The van der Waals surface area contributed by atoms with Crippen molar-refractivity contribution in [2.75, 3.05) is 0 Å². The second kappa shape index (κ2) is 9.33. The van der Waals surface area contributed by atoms with Crippen LogP contribution >= 0.6 is 0 Å². The molecule has 1 atom stereocenters. The van der Waals surface area contributed by atoms with E-state index in [1.54, 1.807) is 0 Å². The molecule has 0 radical (unpaired) electrons. The van der Waals surface area contributed by atoms with E-state index >= 15 is 0 Å². The quantitative estimate of drug-likeness (QED) is 0.560. The second-order valence-electron chi connectivity index (χ2n) is 5.40. The van der Waals surface area contributed by atoms with Crippen LogP contribution in [0.5, 0.6) is 0 Å². The SMILES string of the molecule is C[Xe]C(CC1CCCCCCCC1)CC(F)(F)F. The van der Waals surface area contributed by atoms with Gasteiger partial charge in [-0.25, -0.2) is 0 Å². The van der Waals surface area contributed by atoms with Gasteiger partial charge in [-0.2, -0.15) is 0 Å². The van der Waals surface area contributed by atoms with Crippen molar-refractivity contribution in [2.24, 2.45) is 5.92 Å². The van der Waals surface area contributed by atoms with E-state index in [4.69, 9.17) is 0 Å². The Morgan fingerprint density at radius 2 is 1.50 bits per heavy atom. The molecule has 0 aromatic heterocycles. The zero-order valence-electron chi connectivity index (χ0n) is 11.2. The number of hydrogen-bond donors (Lipinski definition) is 0. The summed E-state index contributed by atoms with van der Waals surface area (Å²) in [6, 6.07) is 0. The third-order valence-corrected chi connectivity index (χ3v) is 6.33. The van der Waals surface area contributed by atoms with E-state index in [1.807, 2.05) is 1.39 Å². The Morgan fingerprint density at radius 1 is 1.00 bits per heavy atom. The Bertz CT molecular complexity index is 206. The monoisotopic (exact) mass is 382 g/mol. The van der Waals surface area contributed by atoms with Crippen LogP contribution in [0.25, 0.3) is 0 Å². The number of halogens is 3. The fourth-order valence-electron chi connectivity index (χ4n) is 2.79. The van der Waals surface area contributed by atoms with Crippen LogP contribution < -0.4 is 0 Å². The van der Waals surface area contributed by atoms with Gasteiger partial charge in [-0.3, -0.25) is 0 Å². The topological polar surface area (TPSA) is 0 Å². The summed E-state index contributed by atoms with van der Waals surface area (Å²) in [5, 5.41) is 0. The van der Waals surface area contributed by atoms with Gasteiger partial charge in [0.15, 0.2) is 0 Å². The van der Waals surface area contributed by atoms with Gasteiger partial charge in [-0.05, 0) is 0 Å². The Labute approximate surface area is 134 Å². The van der Waals surface area contributed by atoms with Gasteiger partial charge in [-0.15, -0.1) is 0 Å². The van der Waals surface area contributed by atoms with Gasteiger partial charge >= 0.3 is 135 Å². The van der Waals surface area contributed by atoms with Crippen molar-refractivity contribution in [2.45, 2.75) is 72.2 Å². The Kier molecular flexibility index (Phi) is 9.02. The maximum atomic E-state index is 12.5. The summed E-state index contributed by atoms with van der Waals surface area (Å²) < 4.78 is 39.3. The molecule has 0 heterocycles. The number of alkyl halides is 3. The maximum absolute atomic E-state index is 12.5. The van der Waals surface area contributed by atoms with E-state index in [2.05, 4.69) is 0 Å². The van der Waals surface area contributed by atoms with E-state index in [9.17, 15) is 13.2 Å². The molecule has 1 saturated carbocycles. The molecule has 1 aliphatic carbocycles. The minimum atomic E-state index is -3.96. The summed E-state index contributed by atoms with van der Waals surface area (Å²) in [5.41, 5.74) is 0. The van der Waals surface area contributed by atoms with E-state index < -0.39 is 12.6 Å². The molecule has 1 aliphatic rings. The summed E-state index contributed by atoms with van der Waals surface area (Å²) in [6.07, 6.45) is 6.28. The standard InChI is InChI=1S/C14H25F3Xe/c1-18-13(11-14(15,16)17)10-12-8-6-4-2-3-5-7-9-12/h12-13H,2-11H2,1H3. The molecule has 0 aromatic rings. The van der Waals surface area contributed by atoms with Crippen molar-refractivity contribution in [1.82, 2.24) is 0 Å². The normalized spacial score (nSPS) is 22.2. The molecule has 0 aromatic carbocycles. The molecule has 110 valence electrons. The predicted molar refractivity (Wildman–Crippen MR) is 65.3 cm³/mol. The minimum absolute atomic E-state index is 0.0667. The van der Waals surface area contributed by atoms with Crippen molar-refractivity contribution in [3.63, 3.8) is 0 Å². The summed E-state index contributed by atoms with van der Waals surface area (Å²) in [5.74, 6) is 0.560. The fraction of sp³-hybridized carbons (Fsp3) is 1.00. The van der Waals surface area contributed by atoms with Gasteiger partial charge in [0.05, 0.1) is 0 Å². The molecule has 0 saturated heterocycles. The summed E-state index contributed by atoms with van der Waals surface area (Å²) in [7, 11) is 0. The molecule has 4 heteroatoms. The fourth-order valence-corrected chi connectivity index (χ4v) is 4.82. The molecule has 0 N–H and O–H groups in total. The molecule has 0 nitrogen and oxygen atoms in total. The molecule has 0 bridgehead atoms. The van der Waals surface area contributed by atoms with E-state index in [0.29, 0.717) is 5.92 Å². The summed E-state index contributed by atoms with van der Waals surface area (Å²) in [4.78, 5) is 0. The van der Waals surface area contributed by atoms with Crippen LogP contribution in [0.15, 0.2) is 0 Å². The van der Waals surface area contributed by atoms with Crippen molar-refractivity contribution < 1.29 is 57.4 Å². The third kappa shape index (κ3) is 8.52. The predicted octanol–water partition coefficient (Wildman–Crippen LogP) is 6.00. The first-order valence-corrected chi connectivity index (χ1v) is 10.2. The Hall–Kier alpha value is 1.36. The average Bonchev–Trinajstić information content (AvgIpc) is 2.40. The molecule has 0 aliphatic heterocycles. The van der Waals surface area contributed by atoms with Gasteiger partial charge in [0, 0.05) is 0 Å². The first kappa shape index (κ1) is 17.4. The molecular weight excluding hydrogens is 356 g/mol. The van der Waals surface area contributed by atoms with Crippen molar-refractivity contribution in [3.05, 3.63) is 0 Å².